The number of Topliss-reactive ketones (excluding diaryl/α,β-unsaturated/α-hetero) is 1. The molecule has 2 rings (SSSR count). The van der Waals surface area contributed by atoms with Gasteiger partial charge in [0.1, 0.15) is 11.5 Å². The highest BCUT2D eigenvalue weighted by atomic mass is 79.9. The first-order valence-electron chi connectivity index (χ1n) is 5.30. The van der Waals surface area contributed by atoms with Crippen LogP contribution in [0.4, 0.5) is 5.69 Å². The Labute approximate surface area is 108 Å². The average molecular weight is 298 g/mol. The molecular weight excluding hydrogens is 286 g/mol. The summed E-state index contributed by atoms with van der Waals surface area (Å²) in [7, 11) is 0. The van der Waals surface area contributed by atoms with Gasteiger partial charge in [-0.15, -0.1) is 0 Å². The van der Waals surface area contributed by atoms with Crippen LogP contribution in [0.5, 0.6) is 5.75 Å². The summed E-state index contributed by atoms with van der Waals surface area (Å²) >= 11 is 3.36. The Balaban J connectivity index is 2.28. The van der Waals surface area contributed by atoms with Crippen molar-refractivity contribution in [3.8, 4) is 5.75 Å². The number of carbonyl (C=O) groups is 2. The number of carbonyl (C=O) groups excluding carboxylic acids is 2. The predicted octanol–water partition coefficient (Wildman–Crippen LogP) is 2.15. The lowest BCUT2D eigenvalue weighted by atomic mass is 10.2. The first-order chi connectivity index (χ1) is 8.08. The van der Waals surface area contributed by atoms with Gasteiger partial charge in [-0.2, -0.15) is 0 Å². The summed E-state index contributed by atoms with van der Waals surface area (Å²) in [5.41, 5.74) is 0.719. The maximum atomic E-state index is 11.8. The summed E-state index contributed by atoms with van der Waals surface area (Å²) in [6, 6.07) is 5.50. The first-order valence-corrected chi connectivity index (χ1v) is 6.09. The van der Waals surface area contributed by atoms with E-state index in [4.69, 9.17) is 4.74 Å². The molecule has 1 heterocycles. The smallest absolute Gasteiger partial charge is 0.265 e. The molecule has 1 aromatic carbocycles. The number of amides is 1. The van der Waals surface area contributed by atoms with Crippen LogP contribution in [0.2, 0.25) is 0 Å². The van der Waals surface area contributed by atoms with Crippen molar-refractivity contribution in [2.45, 2.75) is 13.3 Å². The molecule has 0 saturated heterocycles. The van der Waals surface area contributed by atoms with Crippen LogP contribution in [0.3, 0.4) is 0 Å². The maximum Gasteiger partial charge on any atom is 0.265 e. The lowest BCUT2D eigenvalue weighted by Crippen LogP contribution is -2.39. The van der Waals surface area contributed by atoms with E-state index < -0.39 is 0 Å². The second kappa shape index (κ2) is 4.87. The number of hydrogen-bond donors (Lipinski definition) is 0. The van der Waals surface area contributed by atoms with Crippen molar-refractivity contribution >= 4 is 33.3 Å². The van der Waals surface area contributed by atoms with E-state index in [0.29, 0.717) is 18.7 Å². The van der Waals surface area contributed by atoms with Gasteiger partial charge >= 0.3 is 0 Å². The highest BCUT2D eigenvalue weighted by molar-refractivity contribution is 9.10. The molecule has 1 aliphatic heterocycles. The minimum absolute atomic E-state index is 0.0343. The SMILES string of the molecule is CC(=O)CCN1C(=O)COc2ccc(Br)cc21. The van der Waals surface area contributed by atoms with Crippen LogP contribution >= 0.6 is 15.9 Å². The second-order valence-corrected chi connectivity index (χ2v) is 4.81. The zero-order valence-electron chi connectivity index (χ0n) is 9.40. The highest BCUT2D eigenvalue weighted by Crippen LogP contribution is 2.34. The Hall–Kier alpha value is -1.36. The fourth-order valence-electron chi connectivity index (χ4n) is 1.69. The second-order valence-electron chi connectivity index (χ2n) is 3.90. The Bertz CT molecular complexity index is 473. The predicted molar refractivity (Wildman–Crippen MR) is 67.3 cm³/mol. The molecule has 90 valence electrons. The fourth-order valence-corrected chi connectivity index (χ4v) is 2.04. The largest absolute Gasteiger partial charge is 0.482 e. The number of halogens is 1. The summed E-state index contributed by atoms with van der Waals surface area (Å²) in [5.74, 6) is 0.633. The minimum Gasteiger partial charge on any atom is -0.482 e. The standard InChI is InChI=1S/C12H12BrNO3/c1-8(15)4-5-14-10-6-9(13)2-3-11(10)17-7-12(14)16/h2-3,6H,4-5,7H2,1H3. The van der Waals surface area contributed by atoms with Gasteiger partial charge in [-0.3, -0.25) is 9.59 Å². The van der Waals surface area contributed by atoms with E-state index in [1.807, 2.05) is 18.2 Å². The number of ketones is 1. The van der Waals surface area contributed by atoms with Crippen LogP contribution in [0.15, 0.2) is 22.7 Å². The molecule has 4 nitrogen and oxygen atoms in total. The lowest BCUT2D eigenvalue weighted by Gasteiger charge is -2.29. The third kappa shape index (κ3) is 2.66. The number of ether oxygens (including phenoxy) is 1. The molecule has 1 aromatic rings. The van der Waals surface area contributed by atoms with Crippen LogP contribution in [0, 0.1) is 0 Å². The van der Waals surface area contributed by atoms with Crippen LogP contribution in [0.25, 0.3) is 0 Å². The molecule has 0 atom stereocenters. The fraction of sp³-hybridized carbons (Fsp3) is 0.333. The average Bonchev–Trinajstić information content (AvgIpc) is 2.27. The van der Waals surface area contributed by atoms with Gasteiger partial charge < -0.3 is 9.64 Å². The number of rotatable bonds is 3. The summed E-state index contributed by atoms with van der Waals surface area (Å²) in [6.07, 6.45) is 0.359. The monoisotopic (exact) mass is 297 g/mol. The van der Waals surface area contributed by atoms with Gasteiger partial charge in [0.15, 0.2) is 6.61 Å². The zero-order chi connectivity index (χ0) is 12.4. The third-order valence-electron chi connectivity index (χ3n) is 2.55. The van der Waals surface area contributed by atoms with Crippen LogP contribution in [0.1, 0.15) is 13.3 Å². The van der Waals surface area contributed by atoms with Gasteiger partial charge in [0, 0.05) is 17.4 Å². The molecule has 0 spiro atoms. The van der Waals surface area contributed by atoms with Gasteiger partial charge in [0.25, 0.3) is 5.91 Å². The Morgan fingerprint density at radius 2 is 2.29 bits per heavy atom. The van der Waals surface area contributed by atoms with Gasteiger partial charge in [0.2, 0.25) is 0 Å². The topological polar surface area (TPSA) is 46.6 Å². The van der Waals surface area contributed by atoms with Crippen molar-refractivity contribution in [2.24, 2.45) is 0 Å². The lowest BCUT2D eigenvalue weighted by molar-refractivity contribution is -0.121. The highest BCUT2D eigenvalue weighted by Gasteiger charge is 2.25. The van der Waals surface area contributed by atoms with E-state index >= 15 is 0 Å². The number of nitrogens with zero attached hydrogens (tertiary/aromatic N) is 1. The van der Waals surface area contributed by atoms with E-state index in [1.165, 1.54) is 6.92 Å². The Morgan fingerprint density at radius 3 is 3.00 bits per heavy atom. The van der Waals surface area contributed by atoms with Crippen LogP contribution in [-0.2, 0) is 9.59 Å². The number of benzene rings is 1. The summed E-state index contributed by atoms with van der Waals surface area (Å²) in [5, 5.41) is 0. The third-order valence-corrected chi connectivity index (χ3v) is 3.04. The van der Waals surface area contributed by atoms with Crippen molar-refractivity contribution < 1.29 is 14.3 Å². The van der Waals surface area contributed by atoms with Crippen LogP contribution < -0.4 is 9.64 Å². The first kappa shape index (κ1) is 12.1. The van der Waals surface area contributed by atoms with Crippen molar-refractivity contribution in [1.82, 2.24) is 0 Å². The Kier molecular flexibility index (Phi) is 3.47. The molecule has 0 fully saturated rings. The molecule has 0 aliphatic carbocycles. The number of hydrogen-bond acceptors (Lipinski definition) is 3. The summed E-state index contributed by atoms with van der Waals surface area (Å²) in [4.78, 5) is 24.4. The maximum absolute atomic E-state index is 11.8. The van der Waals surface area contributed by atoms with E-state index in [9.17, 15) is 9.59 Å². The van der Waals surface area contributed by atoms with Gasteiger partial charge in [-0.05, 0) is 25.1 Å². The number of fused-ring (bicyclic) bond motifs is 1. The van der Waals surface area contributed by atoms with Crippen molar-refractivity contribution in [2.75, 3.05) is 18.1 Å². The molecule has 0 bridgehead atoms. The van der Waals surface area contributed by atoms with E-state index in [0.717, 1.165) is 10.2 Å². The Morgan fingerprint density at radius 1 is 1.53 bits per heavy atom. The summed E-state index contributed by atoms with van der Waals surface area (Å²) in [6.45, 7) is 1.96. The van der Waals surface area contributed by atoms with E-state index in [-0.39, 0.29) is 18.3 Å². The molecule has 0 aromatic heterocycles. The minimum atomic E-state index is -0.114. The van der Waals surface area contributed by atoms with Crippen LogP contribution in [-0.4, -0.2) is 24.8 Å². The molecule has 5 heteroatoms. The molecule has 1 amide bonds. The number of anilines is 1. The molecule has 0 saturated carbocycles. The van der Waals surface area contributed by atoms with Gasteiger partial charge in [-0.25, -0.2) is 0 Å². The molecule has 1 aliphatic rings. The van der Waals surface area contributed by atoms with E-state index in [2.05, 4.69) is 15.9 Å². The van der Waals surface area contributed by atoms with Gasteiger partial charge in [0.05, 0.1) is 5.69 Å². The molecule has 0 unspecified atom stereocenters. The quantitative estimate of drug-likeness (QED) is 0.859. The zero-order valence-corrected chi connectivity index (χ0v) is 11.0. The molecule has 0 radical (unpaired) electrons. The molecular formula is C12H12BrNO3. The normalized spacial score (nSPS) is 14.2. The van der Waals surface area contributed by atoms with E-state index in [1.54, 1.807) is 4.90 Å². The van der Waals surface area contributed by atoms with Crippen molar-refractivity contribution in [3.05, 3.63) is 22.7 Å². The van der Waals surface area contributed by atoms with Crippen molar-refractivity contribution in [3.63, 3.8) is 0 Å². The van der Waals surface area contributed by atoms with Crippen molar-refractivity contribution in [1.29, 1.82) is 0 Å². The summed E-state index contributed by atoms with van der Waals surface area (Å²) < 4.78 is 6.21. The molecule has 17 heavy (non-hydrogen) atoms. The van der Waals surface area contributed by atoms with Gasteiger partial charge in [-0.1, -0.05) is 15.9 Å². The molecule has 0 N–H and O–H groups in total.